The number of aryl methyl sites for hydroxylation is 1. The van der Waals surface area contributed by atoms with Gasteiger partial charge in [-0.25, -0.2) is 0 Å². The lowest BCUT2D eigenvalue weighted by Crippen LogP contribution is -2.11. The van der Waals surface area contributed by atoms with Gasteiger partial charge in [-0.3, -0.25) is 4.68 Å². The Morgan fingerprint density at radius 1 is 1.53 bits per heavy atom. The van der Waals surface area contributed by atoms with E-state index in [-0.39, 0.29) is 6.04 Å². The first-order valence-electron chi connectivity index (χ1n) is 6.00. The summed E-state index contributed by atoms with van der Waals surface area (Å²) in [6.45, 7) is 0. The van der Waals surface area contributed by atoms with Crippen LogP contribution in [0.15, 0.2) is 12.4 Å². The molecule has 0 aliphatic heterocycles. The first-order valence-corrected chi connectivity index (χ1v) is 6.00. The lowest BCUT2D eigenvalue weighted by molar-refractivity contribution is 0.454. The van der Waals surface area contributed by atoms with Gasteiger partial charge in [-0.05, 0) is 18.8 Å². The average molecular weight is 207 g/mol. The zero-order chi connectivity index (χ0) is 10.7. The summed E-state index contributed by atoms with van der Waals surface area (Å²) in [5.41, 5.74) is 7.31. The van der Waals surface area contributed by atoms with E-state index < -0.39 is 0 Å². The summed E-state index contributed by atoms with van der Waals surface area (Å²) in [7, 11) is 1.94. The van der Waals surface area contributed by atoms with Crippen LogP contribution in [0.1, 0.15) is 50.1 Å². The van der Waals surface area contributed by atoms with Crippen LogP contribution in [0.25, 0.3) is 0 Å². The lowest BCUT2D eigenvalue weighted by atomic mass is 9.97. The third-order valence-electron chi connectivity index (χ3n) is 3.51. The Labute approximate surface area is 91.7 Å². The minimum absolute atomic E-state index is 0.180. The van der Waals surface area contributed by atoms with Crippen LogP contribution >= 0.6 is 0 Å². The van der Waals surface area contributed by atoms with Gasteiger partial charge in [0.25, 0.3) is 0 Å². The Hall–Kier alpha value is -0.830. The van der Waals surface area contributed by atoms with E-state index in [1.165, 1.54) is 37.7 Å². The normalized spacial score (nSPS) is 19.6. The van der Waals surface area contributed by atoms with Crippen LogP contribution in [0.3, 0.4) is 0 Å². The predicted molar refractivity (Wildman–Crippen MR) is 61.3 cm³/mol. The molecule has 0 spiro atoms. The van der Waals surface area contributed by atoms with Crippen molar-refractivity contribution in [2.24, 2.45) is 18.7 Å². The summed E-state index contributed by atoms with van der Waals surface area (Å²) in [5, 5.41) is 4.15. The van der Waals surface area contributed by atoms with Crippen LogP contribution in [0.2, 0.25) is 0 Å². The largest absolute Gasteiger partial charge is 0.324 e. The van der Waals surface area contributed by atoms with Crippen molar-refractivity contribution in [3.8, 4) is 0 Å². The molecule has 15 heavy (non-hydrogen) atoms. The van der Waals surface area contributed by atoms with Crippen molar-refractivity contribution in [1.29, 1.82) is 0 Å². The van der Waals surface area contributed by atoms with E-state index in [4.69, 9.17) is 5.73 Å². The molecule has 2 N–H and O–H groups in total. The molecule has 2 rings (SSSR count). The van der Waals surface area contributed by atoms with E-state index in [2.05, 4.69) is 5.10 Å². The van der Waals surface area contributed by atoms with E-state index in [0.717, 1.165) is 12.3 Å². The van der Waals surface area contributed by atoms with E-state index in [9.17, 15) is 0 Å². The van der Waals surface area contributed by atoms with Crippen LogP contribution in [0, 0.1) is 5.92 Å². The molecule has 1 atom stereocenters. The molecule has 84 valence electrons. The molecular weight excluding hydrogens is 186 g/mol. The molecule has 0 radical (unpaired) electrons. The van der Waals surface area contributed by atoms with Crippen molar-refractivity contribution < 1.29 is 0 Å². The van der Waals surface area contributed by atoms with Crippen molar-refractivity contribution in [2.45, 2.75) is 44.6 Å². The summed E-state index contributed by atoms with van der Waals surface area (Å²) in [6, 6.07) is 0.180. The Morgan fingerprint density at radius 2 is 2.27 bits per heavy atom. The second-order valence-corrected chi connectivity index (χ2v) is 4.78. The fourth-order valence-electron chi connectivity index (χ4n) is 2.51. The molecule has 3 nitrogen and oxygen atoms in total. The summed E-state index contributed by atoms with van der Waals surface area (Å²) in [4.78, 5) is 0. The van der Waals surface area contributed by atoms with Gasteiger partial charge >= 0.3 is 0 Å². The van der Waals surface area contributed by atoms with Gasteiger partial charge in [-0.1, -0.05) is 25.7 Å². The van der Waals surface area contributed by atoms with E-state index in [0.29, 0.717) is 0 Å². The van der Waals surface area contributed by atoms with Crippen molar-refractivity contribution >= 4 is 0 Å². The SMILES string of the molecule is Cn1cc(C(N)CCC2CCCC2)cn1. The highest BCUT2D eigenvalue weighted by atomic mass is 15.2. The minimum atomic E-state index is 0.180. The molecule has 0 amide bonds. The summed E-state index contributed by atoms with van der Waals surface area (Å²) in [5.74, 6) is 0.938. The molecule has 1 aromatic rings. The molecule has 1 aromatic heterocycles. The number of rotatable bonds is 4. The molecule has 0 saturated heterocycles. The third-order valence-corrected chi connectivity index (χ3v) is 3.51. The van der Waals surface area contributed by atoms with Gasteiger partial charge in [0, 0.05) is 24.8 Å². The first-order chi connectivity index (χ1) is 7.25. The second-order valence-electron chi connectivity index (χ2n) is 4.78. The molecule has 1 aliphatic carbocycles. The number of aromatic nitrogens is 2. The Balaban J connectivity index is 1.79. The molecule has 1 heterocycles. The van der Waals surface area contributed by atoms with Crippen LogP contribution < -0.4 is 5.73 Å². The highest BCUT2D eigenvalue weighted by Gasteiger charge is 2.16. The molecule has 0 aromatic carbocycles. The smallest absolute Gasteiger partial charge is 0.0537 e. The second kappa shape index (κ2) is 4.79. The average Bonchev–Trinajstić information content (AvgIpc) is 2.84. The molecule has 1 aliphatic rings. The third kappa shape index (κ3) is 2.81. The minimum Gasteiger partial charge on any atom is -0.324 e. The van der Waals surface area contributed by atoms with Gasteiger partial charge in [-0.15, -0.1) is 0 Å². The zero-order valence-corrected chi connectivity index (χ0v) is 9.52. The van der Waals surface area contributed by atoms with Crippen molar-refractivity contribution in [2.75, 3.05) is 0 Å². The maximum Gasteiger partial charge on any atom is 0.0537 e. The predicted octanol–water partition coefficient (Wildman–Crippen LogP) is 2.39. The highest BCUT2D eigenvalue weighted by Crippen LogP contribution is 2.30. The van der Waals surface area contributed by atoms with Gasteiger partial charge in [0.05, 0.1) is 6.20 Å². The van der Waals surface area contributed by atoms with Crippen molar-refractivity contribution in [1.82, 2.24) is 9.78 Å². The van der Waals surface area contributed by atoms with Crippen LogP contribution in [-0.4, -0.2) is 9.78 Å². The Bertz CT molecular complexity index is 300. The van der Waals surface area contributed by atoms with Crippen molar-refractivity contribution in [3.05, 3.63) is 18.0 Å². The number of nitrogens with zero attached hydrogens (tertiary/aromatic N) is 2. The molecule has 1 saturated carbocycles. The van der Waals surface area contributed by atoms with E-state index in [1.807, 2.05) is 24.1 Å². The monoisotopic (exact) mass is 207 g/mol. The Kier molecular flexibility index (Phi) is 3.41. The number of hydrogen-bond donors (Lipinski definition) is 1. The summed E-state index contributed by atoms with van der Waals surface area (Å²) in [6.07, 6.45) is 12.0. The van der Waals surface area contributed by atoms with Gasteiger partial charge in [0.1, 0.15) is 0 Å². The van der Waals surface area contributed by atoms with E-state index >= 15 is 0 Å². The maximum absolute atomic E-state index is 6.13. The zero-order valence-electron chi connectivity index (χ0n) is 9.52. The molecular formula is C12H21N3. The molecule has 1 fully saturated rings. The fourth-order valence-corrected chi connectivity index (χ4v) is 2.51. The standard InChI is InChI=1S/C12H21N3/c1-15-9-11(8-14-15)12(13)7-6-10-4-2-3-5-10/h8-10,12H,2-7,13H2,1H3. The van der Waals surface area contributed by atoms with Crippen LogP contribution in [0.4, 0.5) is 0 Å². The quantitative estimate of drug-likeness (QED) is 0.824. The molecule has 3 heteroatoms. The van der Waals surface area contributed by atoms with E-state index in [1.54, 1.807) is 0 Å². The van der Waals surface area contributed by atoms with Gasteiger partial charge in [0.2, 0.25) is 0 Å². The number of hydrogen-bond acceptors (Lipinski definition) is 2. The van der Waals surface area contributed by atoms with Crippen LogP contribution in [-0.2, 0) is 7.05 Å². The lowest BCUT2D eigenvalue weighted by Gasteiger charge is -2.13. The van der Waals surface area contributed by atoms with Crippen LogP contribution in [0.5, 0.6) is 0 Å². The van der Waals surface area contributed by atoms with Crippen molar-refractivity contribution in [3.63, 3.8) is 0 Å². The van der Waals surface area contributed by atoms with Gasteiger partial charge in [-0.2, -0.15) is 5.10 Å². The Morgan fingerprint density at radius 3 is 2.87 bits per heavy atom. The molecule has 1 unspecified atom stereocenters. The topological polar surface area (TPSA) is 43.8 Å². The number of nitrogens with two attached hydrogens (primary N) is 1. The highest BCUT2D eigenvalue weighted by molar-refractivity contribution is 5.09. The first kappa shape index (κ1) is 10.7. The fraction of sp³-hybridized carbons (Fsp3) is 0.750. The molecule has 0 bridgehead atoms. The summed E-state index contributed by atoms with van der Waals surface area (Å²) < 4.78 is 1.82. The van der Waals surface area contributed by atoms with Gasteiger partial charge in [0.15, 0.2) is 0 Å². The summed E-state index contributed by atoms with van der Waals surface area (Å²) >= 11 is 0. The maximum atomic E-state index is 6.13. The van der Waals surface area contributed by atoms with Gasteiger partial charge < -0.3 is 5.73 Å².